The van der Waals surface area contributed by atoms with Crippen LogP contribution in [0.25, 0.3) is 6.08 Å². The van der Waals surface area contributed by atoms with Crippen molar-refractivity contribution in [1.82, 2.24) is 5.32 Å². The van der Waals surface area contributed by atoms with Gasteiger partial charge < -0.3 is 20.4 Å². The maximum atomic E-state index is 13.1. The Morgan fingerprint density at radius 2 is 1.62 bits per heavy atom. The standard InChI is InChI=1S/C31H29N3O4S/c1-21(2)22-13-15-24(16-14-22)32-29(35)20-39-27-12-6-10-25(18-27)33-31(37)28(19-26-11-7-17-38-26)34-30(36)23-8-4-3-5-9-23/h3-19,21H,20H2,1-2H3,(H,32,35)(H,33,37)(H,34,36)/b28-19-. The van der Waals surface area contributed by atoms with Crippen molar-refractivity contribution >= 4 is 46.9 Å². The first kappa shape index (κ1) is 27.5. The average Bonchev–Trinajstić information content (AvgIpc) is 3.46. The molecule has 7 nitrogen and oxygen atoms in total. The second-order valence-corrected chi connectivity index (χ2v) is 10.0. The summed E-state index contributed by atoms with van der Waals surface area (Å²) >= 11 is 1.35. The lowest BCUT2D eigenvalue weighted by Crippen LogP contribution is -2.30. The van der Waals surface area contributed by atoms with Crippen molar-refractivity contribution in [2.45, 2.75) is 24.7 Å². The molecule has 0 saturated carbocycles. The van der Waals surface area contributed by atoms with E-state index in [1.165, 1.54) is 29.7 Å². The van der Waals surface area contributed by atoms with Crippen molar-refractivity contribution < 1.29 is 18.8 Å². The number of anilines is 2. The Labute approximate surface area is 231 Å². The molecule has 8 heteroatoms. The summed E-state index contributed by atoms with van der Waals surface area (Å²) in [4.78, 5) is 39.1. The van der Waals surface area contributed by atoms with Crippen LogP contribution in [0.2, 0.25) is 0 Å². The van der Waals surface area contributed by atoms with E-state index in [2.05, 4.69) is 29.8 Å². The van der Waals surface area contributed by atoms with Gasteiger partial charge in [0, 0.05) is 27.9 Å². The predicted octanol–water partition coefficient (Wildman–Crippen LogP) is 6.54. The van der Waals surface area contributed by atoms with E-state index in [0.29, 0.717) is 22.9 Å². The van der Waals surface area contributed by atoms with E-state index in [4.69, 9.17) is 4.42 Å². The SMILES string of the molecule is CC(C)c1ccc(NC(=O)CSc2cccc(NC(=O)/C(=C/c3ccco3)NC(=O)c3ccccc3)c2)cc1. The van der Waals surface area contributed by atoms with Crippen molar-refractivity contribution in [2.75, 3.05) is 16.4 Å². The lowest BCUT2D eigenvalue weighted by atomic mass is 10.0. The normalized spacial score (nSPS) is 11.2. The fraction of sp³-hybridized carbons (Fsp3) is 0.129. The van der Waals surface area contributed by atoms with Crippen molar-refractivity contribution in [3.63, 3.8) is 0 Å². The third kappa shape index (κ3) is 8.21. The molecular formula is C31H29N3O4S. The summed E-state index contributed by atoms with van der Waals surface area (Å²) in [6.45, 7) is 4.25. The van der Waals surface area contributed by atoms with Gasteiger partial charge in [-0.2, -0.15) is 0 Å². The summed E-state index contributed by atoms with van der Waals surface area (Å²) < 4.78 is 5.33. The highest BCUT2D eigenvalue weighted by Crippen LogP contribution is 2.23. The Morgan fingerprint density at radius 1 is 0.846 bits per heavy atom. The Kier molecular flexibility index (Phi) is 9.37. The van der Waals surface area contributed by atoms with Crippen LogP contribution >= 0.6 is 11.8 Å². The van der Waals surface area contributed by atoms with E-state index in [0.717, 1.165) is 10.6 Å². The minimum Gasteiger partial charge on any atom is -0.465 e. The molecule has 39 heavy (non-hydrogen) atoms. The average molecular weight is 540 g/mol. The first-order valence-electron chi connectivity index (χ1n) is 12.4. The van der Waals surface area contributed by atoms with Crippen LogP contribution < -0.4 is 16.0 Å². The number of hydrogen-bond acceptors (Lipinski definition) is 5. The quantitative estimate of drug-likeness (QED) is 0.157. The number of benzene rings is 3. The summed E-state index contributed by atoms with van der Waals surface area (Å²) in [6, 6.07) is 27.0. The summed E-state index contributed by atoms with van der Waals surface area (Å²) in [6.07, 6.45) is 2.95. The largest absolute Gasteiger partial charge is 0.465 e. The van der Waals surface area contributed by atoms with Crippen LogP contribution in [-0.2, 0) is 9.59 Å². The Morgan fingerprint density at radius 3 is 2.31 bits per heavy atom. The molecule has 1 aromatic heterocycles. The molecule has 198 valence electrons. The number of thioether (sulfide) groups is 1. The summed E-state index contributed by atoms with van der Waals surface area (Å²) in [5.74, 6) is -0.00474. The zero-order valence-corrected chi connectivity index (χ0v) is 22.5. The van der Waals surface area contributed by atoms with Gasteiger partial charge in [-0.15, -0.1) is 11.8 Å². The van der Waals surface area contributed by atoms with Gasteiger partial charge in [0.1, 0.15) is 11.5 Å². The highest BCUT2D eigenvalue weighted by molar-refractivity contribution is 8.00. The molecule has 4 aromatic rings. The van der Waals surface area contributed by atoms with Crippen molar-refractivity contribution in [2.24, 2.45) is 0 Å². The molecule has 0 fully saturated rings. The molecule has 0 bridgehead atoms. The molecule has 0 aliphatic carbocycles. The predicted molar refractivity (Wildman–Crippen MR) is 156 cm³/mol. The molecule has 0 aliphatic heterocycles. The lowest BCUT2D eigenvalue weighted by molar-refractivity contribution is -0.114. The van der Waals surface area contributed by atoms with Crippen LogP contribution in [0.4, 0.5) is 11.4 Å². The first-order valence-corrected chi connectivity index (χ1v) is 13.4. The van der Waals surface area contributed by atoms with Gasteiger partial charge in [-0.05, 0) is 66.1 Å². The first-order chi connectivity index (χ1) is 18.9. The fourth-order valence-corrected chi connectivity index (χ4v) is 4.37. The minimum atomic E-state index is -0.514. The molecular weight excluding hydrogens is 510 g/mol. The van der Waals surface area contributed by atoms with Crippen LogP contribution in [0.3, 0.4) is 0 Å². The number of carbonyl (C=O) groups is 3. The molecule has 0 unspecified atom stereocenters. The Hall–Kier alpha value is -4.56. The van der Waals surface area contributed by atoms with E-state index < -0.39 is 11.8 Å². The van der Waals surface area contributed by atoms with Gasteiger partial charge in [0.2, 0.25) is 5.91 Å². The number of furan rings is 1. The molecule has 0 atom stereocenters. The maximum absolute atomic E-state index is 13.1. The van der Waals surface area contributed by atoms with Crippen molar-refractivity contribution in [3.05, 3.63) is 120 Å². The zero-order chi connectivity index (χ0) is 27.6. The van der Waals surface area contributed by atoms with Gasteiger partial charge in [0.25, 0.3) is 11.8 Å². The van der Waals surface area contributed by atoms with Crippen molar-refractivity contribution in [3.8, 4) is 0 Å². The van der Waals surface area contributed by atoms with E-state index in [1.807, 2.05) is 36.4 Å². The molecule has 3 amide bonds. The van der Waals surface area contributed by atoms with Gasteiger partial charge in [-0.1, -0.05) is 50.2 Å². The highest BCUT2D eigenvalue weighted by atomic mass is 32.2. The number of rotatable bonds is 10. The van der Waals surface area contributed by atoms with Gasteiger partial charge >= 0.3 is 0 Å². The molecule has 3 aromatic carbocycles. The number of carbonyl (C=O) groups excluding carboxylic acids is 3. The van der Waals surface area contributed by atoms with Crippen molar-refractivity contribution in [1.29, 1.82) is 0 Å². The second kappa shape index (κ2) is 13.3. The Balaban J connectivity index is 1.38. The van der Waals surface area contributed by atoms with Crippen LogP contribution in [0.1, 0.15) is 41.4 Å². The highest BCUT2D eigenvalue weighted by Gasteiger charge is 2.16. The smallest absolute Gasteiger partial charge is 0.272 e. The number of nitrogens with one attached hydrogen (secondary N) is 3. The third-order valence-corrected chi connectivity index (χ3v) is 6.68. The summed E-state index contributed by atoms with van der Waals surface area (Å²) in [5.41, 5.74) is 2.93. The van der Waals surface area contributed by atoms with Crippen LogP contribution in [0, 0.1) is 0 Å². The molecule has 0 saturated heterocycles. The van der Waals surface area contributed by atoms with Crippen LogP contribution in [0.15, 0.2) is 112 Å². The number of hydrogen-bond donors (Lipinski definition) is 3. The van der Waals surface area contributed by atoms with E-state index in [1.54, 1.807) is 54.6 Å². The molecule has 0 radical (unpaired) electrons. The molecule has 3 N–H and O–H groups in total. The third-order valence-electron chi connectivity index (χ3n) is 5.68. The minimum absolute atomic E-state index is 0.0275. The zero-order valence-electron chi connectivity index (χ0n) is 21.6. The molecule has 0 aliphatic rings. The topological polar surface area (TPSA) is 100 Å². The van der Waals surface area contributed by atoms with Crippen LogP contribution in [-0.4, -0.2) is 23.5 Å². The Bertz CT molecular complexity index is 1450. The number of amides is 3. The fourth-order valence-electron chi connectivity index (χ4n) is 3.62. The monoisotopic (exact) mass is 539 g/mol. The second-order valence-electron chi connectivity index (χ2n) is 8.99. The summed E-state index contributed by atoms with van der Waals surface area (Å²) in [5, 5.41) is 8.39. The lowest BCUT2D eigenvalue weighted by Gasteiger charge is -2.12. The van der Waals surface area contributed by atoms with Gasteiger partial charge in [-0.25, -0.2) is 0 Å². The van der Waals surface area contributed by atoms with Gasteiger partial charge in [0.15, 0.2) is 0 Å². The maximum Gasteiger partial charge on any atom is 0.272 e. The van der Waals surface area contributed by atoms with E-state index >= 15 is 0 Å². The van der Waals surface area contributed by atoms with Crippen LogP contribution in [0.5, 0.6) is 0 Å². The molecule has 1 heterocycles. The summed E-state index contributed by atoms with van der Waals surface area (Å²) in [7, 11) is 0. The molecule has 0 spiro atoms. The molecule has 4 rings (SSSR count). The van der Waals surface area contributed by atoms with Gasteiger partial charge in [0.05, 0.1) is 12.0 Å². The van der Waals surface area contributed by atoms with E-state index in [9.17, 15) is 14.4 Å². The van der Waals surface area contributed by atoms with E-state index in [-0.39, 0.29) is 17.4 Å². The van der Waals surface area contributed by atoms with Gasteiger partial charge in [-0.3, -0.25) is 14.4 Å².